The van der Waals surface area contributed by atoms with Crippen LogP contribution in [0.25, 0.3) is 22.9 Å². The van der Waals surface area contributed by atoms with Gasteiger partial charge in [0, 0.05) is 24.4 Å². The Morgan fingerprint density at radius 1 is 0.892 bits per heavy atom. The molecule has 2 fully saturated rings. The first-order valence-corrected chi connectivity index (χ1v) is 11.6. The summed E-state index contributed by atoms with van der Waals surface area (Å²) in [6.07, 6.45) is 5.79. The average molecular weight is 496 g/mol. The molecule has 11 nitrogen and oxygen atoms in total. The molecule has 0 aliphatic carbocycles. The van der Waals surface area contributed by atoms with E-state index >= 15 is 0 Å². The number of barbiturate groups is 1. The minimum absolute atomic E-state index is 0.303. The Kier molecular flexibility index (Phi) is 5.37. The number of urea groups is 1. The fourth-order valence-electron chi connectivity index (χ4n) is 4.60. The molecule has 1 aromatic carbocycles. The maximum atomic E-state index is 12.6. The number of aromatic nitrogens is 3. The lowest BCUT2D eigenvalue weighted by molar-refractivity contribution is -0.137. The molecule has 5 heterocycles. The molecule has 0 saturated carbocycles. The Morgan fingerprint density at radius 2 is 1.70 bits per heavy atom. The van der Waals surface area contributed by atoms with E-state index in [0.717, 1.165) is 5.56 Å². The van der Waals surface area contributed by atoms with E-state index in [1.54, 1.807) is 47.8 Å². The Balaban J connectivity index is 1.16. The molecular weight excluding hydrogens is 476 g/mol. The summed E-state index contributed by atoms with van der Waals surface area (Å²) in [5, 5.41) is 4.40. The predicted octanol–water partition coefficient (Wildman–Crippen LogP) is 3.30. The van der Waals surface area contributed by atoms with Crippen molar-refractivity contribution >= 4 is 23.5 Å². The van der Waals surface area contributed by atoms with Crippen LogP contribution in [0.5, 0.6) is 11.6 Å². The highest BCUT2D eigenvalue weighted by Gasteiger charge is 2.57. The molecule has 3 aromatic heterocycles. The number of ether oxygens (including phenoxy) is 1. The molecule has 6 rings (SSSR count). The number of rotatable bonds is 5. The number of oxazole rings is 1. The van der Waals surface area contributed by atoms with Crippen LogP contribution >= 0.6 is 0 Å². The quantitative estimate of drug-likeness (QED) is 0.398. The van der Waals surface area contributed by atoms with E-state index in [1.165, 1.54) is 0 Å². The van der Waals surface area contributed by atoms with Crippen molar-refractivity contribution in [3.8, 4) is 34.5 Å². The number of nitrogens with one attached hydrogen (secondary N) is 2. The molecule has 0 unspecified atom stereocenters. The fourth-order valence-corrected chi connectivity index (χ4v) is 4.60. The molecule has 2 saturated heterocycles. The topological polar surface area (TPSA) is 140 Å². The summed E-state index contributed by atoms with van der Waals surface area (Å²) in [6, 6.07) is 15.4. The van der Waals surface area contributed by atoms with Gasteiger partial charge in [0.05, 0.1) is 18.1 Å². The molecular formula is C26H20N6O5. The SMILES string of the molecule is O=C1NC(=O)C2(CCCN2c2ccc(Oc3ccc(-c4cnc(-c5ccccn5)o4)cc3)nc2)C(=O)N1. The average Bonchev–Trinajstić information content (AvgIpc) is 3.58. The van der Waals surface area contributed by atoms with Crippen LogP contribution in [0.1, 0.15) is 12.8 Å². The van der Waals surface area contributed by atoms with Gasteiger partial charge in [0.15, 0.2) is 11.3 Å². The van der Waals surface area contributed by atoms with Crippen LogP contribution in [0.15, 0.2) is 77.6 Å². The molecule has 2 N–H and O–H groups in total. The van der Waals surface area contributed by atoms with E-state index in [9.17, 15) is 14.4 Å². The first-order valence-electron chi connectivity index (χ1n) is 11.6. The molecule has 184 valence electrons. The summed E-state index contributed by atoms with van der Waals surface area (Å²) in [4.78, 5) is 51.4. The van der Waals surface area contributed by atoms with Crippen molar-refractivity contribution in [3.05, 3.63) is 73.2 Å². The van der Waals surface area contributed by atoms with Crippen LogP contribution in [-0.4, -0.2) is 44.9 Å². The van der Waals surface area contributed by atoms with Crippen molar-refractivity contribution in [2.45, 2.75) is 18.4 Å². The molecule has 2 aliphatic heterocycles. The van der Waals surface area contributed by atoms with E-state index in [4.69, 9.17) is 9.15 Å². The summed E-state index contributed by atoms with van der Waals surface area (Å²) >= 11 is 0. The molecule has 2 aliphatic rings. The van der Waals surface area contributed by atoms with Gasteiger partial charge < -0.3 is 14.1 Å². The second-order valence-corrected chi connectivity index (χ2v) is 8.58. The minimum atomic E-state index is -1.47. The van der Waals surface area contributed by atoms with Crippen LogP contribution in [0, 0.1) is 0 Å². The number of carbonyl (C=O) groups excluding carboxylic acids is 3. The number of anilines is 1. The Hall–Kier alpha value is -5.06. The van der Waals surface area contributed by atoms with Gasteiger partial charge in [-0.25, -0.2) is 14.8 Å². The number of benzene rings is 1. The molecule has 1 spiro atoms. The van der Waals surface area contributed by atoms with Crippen molar-refractivity contribution < 1.29 is 23.5 Å². The van der Waals surface area contributed by atoms with Crippen molar-refractivity contribution in [3.63, 3.8) is 0 Å². The van der Waals surface area contributed by atoms with Gasteiger partial charge in [0.1, 0.15) is 11.4 Å². The molecule has 0 atom stereocenters. The van der Waals surface area contributed by atoms with Crippen molar-refractivity contribution in [1.29, 1.82) is 0 Å². The number of hydrogen-bond donors (Lipinski definition) is 2. The highest BCUT2D eigenvalue weighted by Crippen LogP contribution is 2.36. The van der Waals surface area contributed by atoms with Crippen LogP contribution in [0.3, 0.4) is 0 Å². The lowest BCUT2D eigenvalue weighted by atomic mass is 9.92. The van der Waals surface area contributed by atoms with Gasteiger partial charge in [-0.2, -0.15) is 0 Å². The highest BCUT2D eigenvalue weighted by molar-refractivity contribution is 6.24. The first-order chi connectivity index (χ1) is 18.0. The minimum Gasteiger partial charge on any atom is -0.439 e. The zero-order valence-corrected chi connectivity index (χ0v) is 19.4. The van der Waals surface area contributed by atoms with Crippen molar-refractivity contribution in [2.75, 3.05) is 11.4 Å². The lowest BCUT2D eigenvalue weighted by Crippen LogP contribution is -2.71. The van der Waals surface area contributed by atoms with Crippen LogP contribution in [-0.2, 0) is 9.59 Å². The fraction of sp³-hybridized carbons (Fsp3) is 0.154. The maximum absolute atomic E-state index is 12.6. The highest BCUT2D eigenvalue weighted by atomic mass is 16.5. The third-order valence-corrected chi connectivity index (χ3v) is 6.37. The third-order valence-electron chi connectivity index (χ3n) is 6.37. The second kappa shape index (κ2) is 8.86. The van der Waals surface area contributed by atoms with Gasteiger partial charge in [0.25, 0.3) is 11.8 Å². The smallest absolute Gasteiger partial charge is 0.328 e. The number of amides is 4. The number of carbonyl (C=O) groups is 3. The maximum Gasteiger partial charge on any atom is 0.328 e. The van der Waals surface area contributed by atoms with Gasteiger partial charge in [0.2, 0.25) is 11.8 Å². The van der Waals surface area contributed by atoms with E-state index in [-0.39, 0.29) is 0 Å². The monoisotopic (exact) mass is 496 g/mol. The third kappa shape index (κ3) is 3.96. The van der Waals surface area contributed by atoms with Gasteiger partial charge in [-0.15, -0.1) is 0 Å². The van der Waals surface area contributed by atoms with Crippen LogP contribution in [0.2, 0.25) is 0 Å². The van der Waals surface area contributed by atoms with Crippen LogP contribution < -0.4 is 20.3 Å². The largest absolute Gasteiger partial charge is 0.439 e. The molecule has 4 amide bonds. The number of imide groups is 2. The van der Waals surface area contributed by atoms with Crippen molar-refractivity contribution in [2.24, 2.45) is 0 Å². The summed E-state index contributed by atoms with van der Waals surface area (Å²) < 4.78 is 11.7. The molecule has 0 radical (unpaired) electrons. The number of pyridine rings is 2. The number of nitrogens with zero attached hydrogens (tertiary/aromatic N) is 4. The summed E-state index contributed by atoms with van der Waals surface area (Å²) in [5.41, 5.74) is 0.590. The van der Waals surface area contributed by atoms with Gasteiger partial charge in [-0.05, 0) is 55.3 Å². The Morgan fingerprint density at radius 3 is 2.41 bits per heavy atom. The molecule has 37 heavy (non-hydrogen) atoms. The predicted molar refractivity (Wildman–Crippen MR) is 130 cm³/mol. The van der Waals surface area contributed by atoms with Crippen molar-refractivity contribution in [1.82, 2.24) is 25.6 Å². The van der Waals surface area contributed by atoms with Gasteiger partial charge in [-0.1, -0.05) is 6.07 Å². The van der Waals surface area contributed by atoms with Gasteiger partial charge in [-0.3, -0.25) is 25.2 Å². The summed E-state index contributed by atoms with van der Waals surface area (Å²) in [5.74, 6) is 0.697. The Bertz CT molecular complexity index is 1460. The first kappa shape index (κ1) is 22.4. The molecule has 0 bridgehead atoms. The van der Waals surface area contributed by atoms with E-state index in [0.29, 0.717) is 54.0 Å². The summed E-state index contributed by atoms with van der Waals surface area (Å²) in [7, 11) is 0. The normalized spacial score (nSPS) is 16.5. The summed E-state index contributed by atoms with van der Waals surface area (Å²) in [6.45, 7) is 0.474. The molecule has 4 aromatic rings. The zero-order chi connectivity index (χ0) is 25.4. The number of hydrogen-bond acceptors (Lipinski definition) is 9. The van der Waals surface area contributed by atoms with Gasteiger partial charge >= 0.3 is 6.03 Å². The Labute approximate surface area is 210 Å². The lowest BCUT2D eigenvalue weighted by Gasteiger charge is -2.38. The van der Waals surface area contributed by atoms with E-state index in [2.05, 4.69) is 25.6 Å². The van der Waals surface area contributed by atoms with E-state index < -0.39 is 23.4 Å². The molecule has 11 heteroatoms. The zero-order valence-electron chi connectivity index (χ0n) is 19.4. The van der Waals surface area contributed by atoms with Crippen LogP contribution in [0.4, 0.5) is 10.5 Å². The standard InChI is InChI=1S/C26H20N6O5/c33-23-26(24(34)31-25(35)30-23)11-3-13-32(26)17-7-10-21(28-14-17)36-18-8-5-16(6-9-18)20-15-29-22(37-20)19-4-1-2-12-27-19/h1-2,4-10,12,14-15H,3,11,13H2,(H2,30,31,33,34,35). The van der Waals surface area contributed by atoms with E-state index in [1.807, 2.05) is 30.3 Å². The second-order valence-electron chi connectivity index (χ2n) is 8.58.